The van der Waals surface area contributed by atoms with Crippen LogP contribution in [0.3, 0.4) is 0 Å². The molecule has 11 heteroatoms. The van der Waals surface area contributed by atoms with Crippen molar-refractivity contribution in [2.75, 3.05) is 53.6 Å². The van der Waals surface area contributed by atoms with E-state index in [1.54, 1.807) is 18.0 Å². The van der Waals surface area contributed by atoms with Gasteiger partial charge in [-0.15, -0.1) is 0 Å². The Morgan fingerprint density at radius 1 is 1.26 bits per heavy atom. The van der Waals surface area contributed by atoms with Gasteiger partial charge in [-0.2, -0.15) is 0 Å². The molecule has 1 aromatic rings. The van der Waals surface area contributed by atoms with Crippen LogP contribution in [0.2, 0.25) is 5.02 Å². The van der Waals surface area contributed by atoms with Crippen LogP contribution in [-0.2, 0) is 14.2 Å². The standard InChI is InChI=1S/C27H43ClN4O6/c1-29-17-23(33)22(15-19-7-4-3-5-8-19)31-26(34)32-12-14-37-24(18-32)25(20-9-6-10-21(28)16-20)38-13-11-30-27(35)36-2/h6,9-10,16,19,22-25,29,33H,3-5,7-8,11-15,17-18H2,1-2H3,(H,30,35)(H,31,34)/t22?,23?,24-,25+/m1/s1. The van der Waals surface area contributed by atoms with Crippen molar-refractivity contribution in [1.82, 2.24) is 20.9 Å². The van der Waals surface area contributed by atoms with E-state index in [9.17, 15) is 14.7 Å². The number of alkyl carbamates (subject to hydrolysis) is 1. The summed E-state index contributed by atoms with van der Waals surface area (Å²) in [5, 5.41) is 20.1. The van der Waals surface area contributed by atoms with Crippen molar-refractivity contribution in [2.24, 2.45) is 5.92 Å². The number of hydrogen-bond acceptors (Lipinski definition) is 7. The first-order chi connectivity index (χ1) is 18.4. The number of carbonyl (C=O) groups is 2. The van der Waals surface area contributed by atoms with Gasteiger partial charge in [0.05, 0.1) is 39.0 Å². The summed E-state index contributed by atoms with van der Waals surface area (Å²) >= 11 is 6.25. The van der Waals surface area contributed by atoms with Crippen LogP contribution < -0.4 is 16.0 Å². The normalized spacial score (nSPS) is 20.8. The molecular formula is C27H43ClN4O6. The number of amides is 3. The number of methoxy groups -OCH3 is 1. The second-order valence-corrected chi connectivity index (χ2v) is 10.5. The Bertz CT molecular complexity index is 872. The number of aliphatic hydroxyl groups is 1. The second-order valence-electron chi connectivity index (χ2n) is 10.0. The molecule has 38 heavy (non-hydrogen) atoms. The molecule has 2 fully saturated rings. The fourth-order valence-corrected chi connectivity index (χ4v) is 5.45. The van der Waals surface area contributed by atoms with Gasteiger partial charge in [0, 0.05) is 24.7 Å². The van der Waals surface area contributed by atoms with E-state index in [0.29, 0.717) is 37.2 Å². The Balaban J connectivity index is 1.66. The summed E-state index contributed by atoms with van der Waals surface area (Å²) in [7, 11) is 3.10. The highest BCUT2D eigenvalue weighted by Crippen LogP contribution is 2.30. The van der Waals surface area contributed by atoms with Crippen molar-refractivity contribution in [1.29, 1.82) is 0 Å². The summed E-state index contributed by atoms with van der Waals surface area (Å²) in [5.74, 6) is 0.511. The molecule has 10 nitrogen and oxygen atoms in total. The minimum atomic E-state index is -0.674. The number of carbonyl (C=O) groups excluding carboxylic acids is 2. The lowest BCUT2D eigenvalue weighted by Gasteiger charge is -2.38. The van der Waals surface area contributed by atoms with Crippen LogP contribution in [0.5, 0.6) is 0 Å². The van der Waals surface area contributed by atoms with E-state index in [4.69, 9.17) is 21.1 Å². The van der Waals surface area contributed by atoms with Crippen LogP contribution in [0.1, 0.15) is 50.2 Å². The average molecular weight is 555 g/mol. The maximum atomic E-state index is 13.4. The number of benzene rings is 1. The Labute approximate surface area is 230 Å². The topological polar surface area (TPSA) is 121 Å². The lowest BCUT2D eigenvalue weighted by Crippen LogP contribution is -2.56. The SMILES string of the molecule is CNCC(O)C(CC1CCCCC1)NC(=O)N1CCO[C@@H]([C@@H](OCCNC(=O)OC)c2cccc(Cl)c2)C1. The Morgan fingerprint density at radius 2 is 2.05 bits per heavy atom. The largest absolute Gasteiger partial charge is 0.453 e. The average Bonchev–Trinajstić information content (AvgIpc) is 2.93. The van der Waals surface area contributed by atoms with Gasteiger partial charge in [0.25, 0.3) is 0 Å². The molecule has 0 aromatic heterocycles. The highest BCUT2D eigenvalue weighted by Gasteiger charge is 2.34. The predicted octanol–water partition coefficient (Wildman–Crippen LogP) is 3.08. The van der Waals surface area contributed by atoms with Gasteiger partial charge < -0.3 is 40.2 Å². The molecule has 1 saturated carbocycles. The van der Waals surface area contributed by atoms with Crippen LogP contribution in [0.25, 0.3) is 0 Å². The fraction of sp³-hybridized carbons (Fsp3) is 0.704. The van der Waals surface area contributed by atoms with Crippen LogP contribution >= 0.6 is 11.6 Å². The van der Waals surface area contributed by atoms with E-state index < -0.39 is 24.4 Å². The first-order valence-electron chi connectivity index (χ1n) is 13.6. The molecule has 3 rings (SSSR count). The predicted molar refractivity (Wildman–Crippen MR) is 145 cm³/mol. The molecule has 1 aromatic carbocycles. The molecule has 1 saturated heterocycles. The third-order valence-electron chi connectivity index (χ3n) is 7.25. The van der Waals surface area contributed by atoms with Crippen LogP contribution in [-0.4, -0.2) is 93.9 Å². The van der Waals surface area contributed by atoms with Gasteiger partial charge in [-0.1, -0.05) is 55.8 Å². The molecule has 0 spiro atoms. The van der Waals surface area contributed by atoms with Crippen LogP contribution in [0.15, 0.2) is 24.3 Å². The number of ether oxygens (including phenoxy) is 3. The number of rotatable bonds is 12. The number of hydrogen-bond donors (Lipinski definition) is 4. The maximum Gasteiger partial charge on any atom is 0.406 e. The second kappa shape index (κ2) is 16.1. The third-order valence-corrected chi connectivity index (χ3v) is 7.48. The lowest BCUT2D eigenvalue weighted by atomic mass is 9.83. The fourth-order valence-electron chi connectivity index (χ4n) is 5.25. The number of morpholine rings is 1. The molecule has 0 bridgehead atoms. The molecule has 3 amide bonds. The minimum Gasteiger partial charge on any atom is -0.453 e. The number of halogens is 1. The zero-order valence-corrected chi connectivity index (χ0v) is 23.3. The van der Waals surface area contributed by atoms with E-state index in [2.05, 4.69) is 20.7 Å². The van der Waals surface area contributed by atoms with Crippen LogP contribution in [0.4, 0.5) is 9.59 Å². The monoisotopic (exact) mass is 554 g/mol. The zero-order valence-electron chi connectivity index (χ0n) is 22.5. The maximum absolute atomic E-state index is 13.4. The summed E-state index contributed by atoms with van der Waals surface area (Å²) in [6.07, 6.45) is 4.57. The molecule has 1 aliphatic heterocycles. The number of nitrogens with one attached hydrogen (secondary N) is 3. The van der Waals surface area contributed by atoms with Gasteiger partial charge in [0.2, 0.25) is 0 Å². The van der Waals surface area contributed by atoms with Gasteiger partial charge >= 0.3 is 12.1 Å². The minimum absolute atomic E-state index is 0.216. The van der Waals surface area contributed by atoms with E-state index in [-0.39, 0.29) is 25.2 Å². The highest BCUT2D eigenvalue weighted by molar-refractivity contribution is 6.30. The van der Waals surface area contributed by atoms with Gasteiger partial charge in [-0.25, -0.2) is 9.59 Å². The third kappa shape index (κ3) is 9.57. The Kier molecular flexibility index (Phi) is 12.9. The van der Waals surface area contributed by atoms with E-state index in [1.165, 1.54) is 26.4 Å². The Morgan fingerprint density at radius 3 is 2.76 bits per heavy atom. The molecule has 2 unspecified atom stereocenters. The van der Waals surface area contributed by atoms with Gasteiger partial charge in [-0.3, -0.25) is 0 Å². The summed E-state index contributed by atoms with van der Waals surface area (Å²) in [6, 6.07) is 6.80. The summed E-state index contributed by atoms with van der Waals surface area (Å²) in [4.78, 5) is 26.5. The van der Waals surface area contributed by atoms with Crippen molar-refractivity contribution in [3.63, 3.8) is 0 Å². The van der Waals surface area contributed by atoms with E-state index in [1.807, 2.05) is 18.2 Å². The molecule has 1 aliphatic carbocycles. The van der Waals surface area contributed by atoms with E-state index >= 15 is 0 Å². The number of likely N-dealkylation sites (N-methyl/N-ethyl adjacent to an activating group) is 1. The first-order valence-corrected chi connectivity index (χ1v) is 14.0. The molecular weight excluding hydrogens is 512 g/mol. The smallest absolute Gasteiger partial charge is 0.406 e. The van der Waals surface area contributed by atoms with Crippen molar-refractivity contribution in [2.45, 2.75) is 62.9 Å². The zero-order chi connectivity index (χ0) is 27.3. The molecule has 1 heterocycles. The quantitative estimate of drug-likeness (QED) is 0.293. The van der Waals surface area contributed by atoms with E-state index in [0.717, 1.165) is 24.8 Å². The van der Waals surface area contributed by atoms with Crippen molar-refractivity contribution in [3.8, 4) is 0 Å². The molecule has 4 atom stereocenters. The molecule has 0 radical (unpaired) electrons. The number of urea groups is 1. The lowest BCUT2D eigenvalue weighted by molar-refractivity contribution is -0.105. The number of aliphatic hydroxyl groups excluding tert-OH is 1. The van der Waals surface area contributed by atoms with Crippen molar-refractivity contribution < 1.29 is 28.9 Å². The van der Waals surface area contributed by atoms with Crippen molar-refractivity contribution in [3.05, 3.63) is 34.9 Å². The first kappa shape index (κ1) is 30.4. The van der Waals surface area contributed by atoms with Gasteiger partial charge in [0.15, 0.2) is 0 Å². The van der Waals surface area contributed by atoms with Crippen molar-refractivity contribution >= 4 is 23.7 Å². The van der Waals surface area contributed by atoms with Gasteiger partial charge in [0.1, 0.15) is 12.2 Å². The van der Waals surface area contributed by atoms with Crippen LogP contribution in [0, 0.1) is 5.92 Å². The molecule has 4 N–H and O–H groups in total. The summed E-state index contributed by atoms with van der Waals surface area (Å²) in [5.41, 5.74) is 0.822. The molecule has 2 aliphatic rings. The van der Waals surface area contributed by atoms with Gasteiger partial charge in [-0.05, 0) is 37.1 Å². The Hall–Kier alpha value is -2.11. The summed E-state index contributed by atoms with van der Waals surface area (Å²) in [6.45, 7) is 1.99. The summed E-state index contributed by atoms with van der Waals surface area (Å²) < 4.78 is 16.8. The highest BCUT2D eigenvalue weighted by atomic mass is 35.5. The molecule has 214 valence electrons. The number of nitrogens with zero attached hydrogens (tertiary/aromatic N) is 1.